The Morgan fingerprint density at radius 2 is 1.85 bits per heavy atom. The molecule has 2 aromatic rings. The Morgan fingerprint density at radius 3 is 2.46 bits per heavy atom. The summed E-state index contributed by atoms with van der Waals surface area (Å²) in [5.74, 6) is -0.322. The molecule has 2 rings (SSSR count). The quantitative estimate of drug-likeness (QED) is 0.585. The van der Waals surface area contributed by atoms with E-state index in [0.29, 0.717) is 21.9 Å². The molecule has 5 nitrogen and oxygen atoms in total. The highest BCUT2D eigenvalue weighted by Gasteiger charge is 2.20. The predicted molar refractivity (Wildman–Crippen MR) is 109 cm³/mol. The highest BCUT2D eigenvalue weighted by atomic mass is 35.5. The van der Waals surface area contributed by atoms with E-state index in [1.807, 2.05) is 19.1 Å². The number of carbonyl (C=O) groups excluding carboxylic acids is 1. The van der Waals surface area contributed by atoms with Gasteiger partial charge in [0.2, 0.25) is 0 Å². The number of likely N-dealkylation sites (N-methyl/N-ethyl adjacent to an activating group) is 1. The van der Waals surface area contributed by atoms with Crippen molar-refractivity contribution in [1.82, 2.24) is 5.32 Å². The van der Waals surface area contributed by atoms with E-state index in [0.717, 1.165) is 5.56 Å². The number of halogens is 1. The van der Waals surface area contributed by atoms with Crippen LogP contribution in [0.1, 0.15) is 29.8 Å². The maximum Gasteiger partial charge on any atom is 0.270 e. The topological polar surface area (TPSA) is 74.0 Å². The summed E-state index contributed by atoms with van der Waals surface area (Å²) in [6.07, 6.45) is 0.642. The van der Waals surface area contributed by atoms with Gasteiger partial charge in [-0.05, 0) is 36.6 Å². The van der Waals surface area contributed by atoms with Crippen LogP contribution >= 0.6 is 23.5 Å². The molecular formula is C19H20ClN3O2S. The van der Waals surface area contributed by atoms with Crippen LogP contribution in [0.4, 0.5) is 0 Å². The number of carbonyl (C=O) groups is 1. The van der Waals surface area contributed by atoms with Crippen LogP contribution in [0.15, 0.2) is 57.9 Å². The molecule has 0 spiro atoms. The third kappa shape index (κ3) is 4.94. The number of benzene rings is 2. The summed E-state index contributed by atoms with van der Waals surface area (Å²) >= 11 is 7.08. The van der Waals surface area contributed by atoms with Gasteiger partial charge in [0.25, 0.3) is 5.91 Å². The number of aliphatic imine (C=N–C) groups is 1. The Morgan fingerprint density at radius 1 is 1.19 bits per heavy atom. The Kier molecular flexibility index (Phi) is 7.38. The first-order valence-electron chi connectivity index (χ1n) is 7.88. The minimum absolute atomic E-state index is 0.244. The van der Waals surface area contributed by atoms with Crippen molar-refractivity contribution < 1.29 is 9.90 Å². The van der Waals surface area contributed by atoms with Crippen molar-refractivity contribution in [2.75, 3.05) is 13.3 Å². The fraction of sp³-hybridized carbons (Fsp3) is 0.211. The van der Waals surface area contributed by atoms with Crippen molar-refractivity contribution in [3.05, 3.63) is 70.2 Å². The van der Waals surface area contributed by atoms with Gasteiger partial charge in [-0.15, -0.1) is 0 Å². The number of amides is 1. The molecule has 136 valence electrons. The van der Waals surface area contributed by atoms with Gasteiger partial charge in [-0.2, -0.15) is 0 Å². The molecule has 1 atom stereocenters. The van der Waals surface area contributed by atoms with Crippen molar-refractivity contribution in [1.29, 1.82) is 0 Å². The lowest BCUT2D eigenvalue weighted by Gasteiger charge is -2.14. The molecule has 0 aliphatic rings. The van der Waals surface area contributed by atoms with Gasteiger partial charge in [0, 0.05) is 35.2 Å². The lowest BCUT2D eigenvalue weighted by molar-refractivity contribution is -0.114. The summed E-state index contributed by atoms with van der Waals surface area (Å²) in [5, 5.41) is 13.9. The molecular weight excluding hydrogens is 370 g/mol. The Labute approximate surface area is 162 Å². The van der Waals surface area contributed by atoms with Gasteiger partial charge in [-0.3, -0.25) is 9.79 Å². The fourth-order valence-corrected chi connectivity index (χ4v) is 2.87. The van der Waals surface area contributed by atoms with E-state index in [1.54, 1.807) is 49.7 Å². The summed E-state index contributed by atoms with van der Waals surface area (Å²) in [7, 11) is 1.54. The zero-order chi connectivity index (χ0) is 19.1. The van der Waals surface area contributed by atoms with Gasteiger partial charge in [0.1, 0.15) is 5.71 Å². The fourth-order valence-electron chi connectivity index (χ4n) is 2.38. The Balaban J connectivity index is 2.42. The Bertz CT molecular complexity index is 835. The first-order valence-corrected chi connectivity index (χ1v) is 9.44. The summed E-state index contributed by atoms with van der Waals surface area (Å²) in [6.45, 7) is 1.81. The number of aliphatic hydroxyl groups excluding tert-OH is 1. The van der Waals surface area contributed by atoms with E-state index in [4.69, 9.17) is 11.6 Å². The third-order valence-electron chi connectivity index (χ3n) is 3.70. The van der Waals surface area contributed by atoms with Crippen LogP contribution in [0.3, 0.4) is 0 Å². The number of rotatable bonds is 6. The SMILES string of the molecule is CNC(=O)C(=NSC)c1ccccc1C(O)N=C(C)c1ccc(Cl)cc1. The minimum Gasteiger partial charge on any atom is -0.368 e. The van der Waals surface area contributed by atoms with Gasteiger partial charge in [-0.25, -0.2) is 4.40 Å². The standard InChI is InChI=1S/C19H20ClN3O2S/c1-12(13-8-10-14(20)11-9-13)22-18(24)16-7-5-4-6-15(16)17(23-26-3)19(25)21-2/h4-11,18,24H,1-3H3,(H,21,25). The molecule has 1 unspecified atom stereocenters. The lowest BCUT2D eigenvalue weighted by atomic mass is 10.0. The number of nitrogens with one attached hydrogen (secondary N) is 1. The summed E-state index contributed by atoms with van der Waals surface area (Å²) in [4.78, 5) is 16.5. The molecule has 2 aromatic carbocycles. The number of aliphatic hydroxyl groups is 1. The molecule has 0 radical (unpaired) electrons. The van der Waals surface area contributed by atoms with Crippen LogP contribution < -0.4 is 5.32 Å². The van der Waals surface area contributed by atoms with Crippen LogP contribution in [-0.4, -0.2) is 35.7 Å². The summed E-state index contributed by atoms with van der Waals surface area (Å²) in [5.41, 5.74) is 2.81. The number of nitrogens with zero attached hydrogens (tertiary/aromatic N) is 2. The van der Waals surface area contributed by atoms with Gasteiger partial charge >= 0.3 is 0 Å². The van der Waals surface area contributed by atoms with Crippen LogP contribution in [0.2, 0.25) is 5.02 Å². The molecule has 0 aromatic heterocycles. The zero-order valence-electron chi connectivity index (χ0n) is 14.7. The largest absolute Gasteiger partial charge is 0.368 e. The molecule has 1 amide bonds. The average Bonchev–Trinajstić information content (AvgIpc) is 2.66. The Hall–Kier alpha value is -2.15. The second-order valence-electron chi connectivity index (χ2n) is 5.38. The maximum absolute atomic E-state index is 12.2. The molecule has 26 heavy (non-hydrogen) atoms. The van der Waals surface area contributed by atoms with Gasteiger partial charge in [-0.1, -0.05) is 48.0 Å². The molecule has 0 bridgehead atoms. The molecule has 0 saturated heterocycles. The van der Waals surface area contributed by atoms with E-state index in [9.17, 15) is 9.90 Å². The first-order chi connectivity index (χ1) is 12.5. The average molecular weight is 390 g/mol. The smallest absolute Gasteiger partial charge is 0.270 e. The summed E-state index contributed by atoms with van der Waals surface area (Å²) in [6, 6.07) is 14.3. The van der Waals surface area contributed by atoms with E-state index < -0.39 is 6.23 Å². The van der Waals surface area contributed by atoms with Crippen molar-refractivity contribution in [3.8, 4) is 0 Å². The van der Waals surface area contributed by atoms with Crippen molar-refractivity contribution in [2.45, 2.75) is 13.2 Å². The first kappa shape index (κ1) is 20.2. The van der Waals surface area contributed by atoms with E-state index >= 15 is 0 Å². The molecule has 0 saturated carbocycles. The minimum atomic E-state index is -1.13. The van der Waals surface area contributed by atoms with E-state index in [-0.39, 0.29) is 11.6 Å². The predicted octanol–water partition coefficient (Wildman–Crippen LogP) is 3.65. The molecule has 0 aliphatic heterocycles. The van der Waals surface area contributed by atoms with Crippen molar-refractivity contribution >= 4 is 40.9 Å². The van der Waals surface area contributed by atoms with Crippen LogP contribution in [0.5, 0.6) is 0 Å². The molecule has 0 aliphatic carbocycles. The zero-order valence-corrected chi connectivity index (χ0v) is 16.3. The highest BCUT2D eigenvalue weighted by molar-refractivity contribution is 7.97. The van der Waals surface area contributed by atoms with Crippen molar-refractivity contribution in [3.63, 3.8) is 0 Å². The maximum atomic E-state index is 12.2. The van der Waals surface area contributed by atoms with Crippen molar-refractivity contribution in [2.24, 2.45) is 9.39 Å². The molecule has 2 N–H and O–H groups in total. The molecule has 7 heteroatoms. The van der Waals surface area contributed by atoms with E-state index in [2.05, 4.69) is 14.7 Å². The highest BCUT2D eigenvalue weighted by Crippen LogP contribution is 2.22. The monoisotopic (exact) mass is 389 g/mol. The van der Waals surface area contributed by atoms with Crippen LogP contribution in [0.25, 0.3) is 0 Å². The second kappa shape index (κ2) is 9.52. The molecule has 0 fully saturated rings. The van der Waals surface area contributed by atoms with Gasteiger partial charge < -0.3 is 10.4 Å². The van der Waals surface area contributed by atoms with Gasteiger partial charge in [0.05, 0.1) is 0 Å². The summed E-state index contributed by atoms with van der Waals surface area (Å²) < 4.78 is 4.20. The second-order valence-corrected chi connectivity index (χ2v) is 6.37. The van der Waals surface area contributed by atoms with Crippen LogP contribution in [0, 0.1) is 0 Å². The van der Waals surface area contributed by atoms with Gasteiger partial charge in [0.15, 0.2) is 6.23 Å². The van der Waals surface area contributed by atoms with Crippen LogP contribution in [-0.2, 0) is 4.79 Å². The number of hydrogen-bond acceptors (Lipinski definition) is 5. The lowest BCUT2D eigenvalue weighted by Crippen LogP contribution is -2.29. The number of hydrogen-bond donors (Lipinski definition) is 2. The normalized spacial score (nSPS) is 13.4. The molecule has 0 heterocycles. The van der Waals surface area contributed by atoms with E-state index in [1.165, 1.54) is 11.9 Å². The third-order valence-corrected chi connectivity index (χ3v) is 4.31.